The Balaban J connectivity index is 1.91. The maximum Gasteiger partial charge on any atom is 0.416 e. The molecule has 0 aliphatic rings. The van der Waals surface area contributed by atoms with Gasteiger partial charge in [0.2, 0.25) is 0 Å². The van der Waals surface area contributed by atoms with Crippen LogP contribution in [-0.2, 0) is 6.18 Å². The molecule has 0 fully saturated rings. The molecule has 0 saturated carbocycles. The highest BCUT2D eigenvalue weighted by Gasteiger charge is 2.31. The van der Waals surface area contributed by atoms with E-state index in [4.69, 9.17) is 4.74 Å². The number of nitrogens with zero attached hydrogens (tertiary/aromatic N) is 3. The SMILES string of the molecule is CC[C@@H](C)Oc1ccc(Br)cc1C=Nn1c(-c2cccc(C(F)(F)F)c2)nc2ccccc2c1=O. The van der Waals surface area contributed by atoms with Gasteiger partial charge in [-0.2, -0.15) is 22.9 Å². The van der Waals surface area contributed by atoms with E-state index >= 15 is 0 Å². The average molecular weight is 544 g/mol. The summed E-state index contributed by atoms with van der Waals surface area (Å²) in [5.41, 5.74) is -0.276. The minimum atomic E-state index is -4.54. The molecule has 1 heterocycles. The first kappa shape index (κ1) is 24.7. The van der Waals surface area contributed by atoms with Crippen LogP contribution < -0.4 is 10.3 Å². The fraction of sp³-hybridized carbons (Fsp3) is 0.192. The van der Waals surface area contributed by atoms with Gasteiger partial charge in [-0.05, 0) is 55.8 Å². The molecular formula is C26H21BrF3N3O2. The Morgan fingerprint density at radius 2 is 1.89 bits per heavy atom. The van der Waals surface area contributed by atoms with Gasteiger partial charge in [0.25, 0.3) is 5.56 Å². The molecule has 5 nitrogen and oxygen atoms in total. The van der Waals surface area contributed by atoms with Crippen LogP contribution in [0, 0.1) is 0 Å². The summed E-state index contributed by atoms with van der Waals surface area (Å²) in [7, 11) is 0. The van der Waals surface area contributed by atoms with E-state index in [1.54, 1.807) is 36.4 Å². The predicted octanol–water partition coefficient (Wildman–Crippen LogP) is 6.90. The zero-order valence-electron chi connectivity index (χ0n) is 18.9. The number of alkyl halides is 3. The van der Waals surface area contributed by atoms with Gasteiger partial charge in [-0.25, -0.2) is 4.98 Å². The molecule has 0 bridgehead atoms. The Kier molecular flexibility index (Phi) is 7.07. The van der Waals surface area contributed by atoms with Crippen LogP contribution in [0.1, 0.15) is 31.4 Å². The highest BCUT2D eigenvalue weighted by Crippen LogP contribution is 2.32. The summed E-state index contributed by atoms with van der Waals surface area (Å²) >= 11 is 3.43. The van der Waals surface area contributed by atoms with E-state index in [-0.39, 0.29) is 17.5 Å². The highest BCUT2D eigenvalue weighted by atomic mass is 79.9. The molecule has 1 aromatic heterocycles. The third kappa shape index (κ3) is 5.45. The van der Waals surface area contributed by atoms with E-state index in [1.165, 1.54) is 18.3 Å². The minimum Gasteiger partial charge on any atom is -0.490 e. The van der Waals surface area contributed by atoms with Crippen LogP contribution in [0.5, 0.6) is 5.75 Å². The maximum atomic E-state index is 13.4. The van der Waals surface area contributed by atoms with E-state index in [0.29, 0.717) is 22.2 Å². The monoisotopic (exact) mass is 543 g/mol. The van der Waals surface area contributed by atoms with Crippen molar-refractivity contribution in [3.8, 4) is 17.1 Å². The zero-order chi connectivity index (χ0) is 25.2. The quantitative estimate of drug-likeness (QED) is 0.248. The van der Waals surface area contributed by atoms with Gasteiger partial charge in [-0.15, -0.1) is 0 Å². The first-order valence-electron chi connectivity index (χ1n) is 10.9. The van der Waals surface area contributed by atoms with Gasteiger partial charge in [0.15, 0.2) is 5.82 Å². The third-order valence-corrected chi connectivity index (χ3v) is 5.88. The fourth-order valence-corrected chi connectivity index (χ4v) is 3.78. The zero-order valence-corrected chi connectivity index (χ0v) is 20.5. The van der Waals surface area contributed by atoms with Crippen LogP contribution in [0.4, 0.5) is 13.2 Å². The summed E-state index contributed by atoms with van der Waals surface area (Å²) in [5.74, 6) is 0.559. The Hall–Kier alpha value is -3.46. The van der Waals surface area contributed by atoms with Gasteiger partial charge in [-0.3, -0.25) is 4.79 Å². The fourth-order valence-electron chi connectivity index (χ4n) is 3.40. The lowest BCUT2D eigenvalue weighted by atomic mass is 10.1. The van der Waals surface area contributed by atoms with Crippen molar-refractivity contribution in [2.45, 2.75) is 32.5 Å². The Bertz CT molecular complexity index is 1460. The van der Waals surface area contributed by atoms with E-state index in [9.17, 15) is 18.0 Å². The molecule has 0 amide bonds. The standard InChI is InChI=1S/C26H21BrF3N3O2/c1-3-16(2)35-23-12-11-20(27)14-18(23)15-31-33-24(17-7-6-8-19(13-17)26(28,29)30)32-22-10-5-4-9-21(22)25(33)34/h4-16H,3H2,1-2H3/t16-/m1/s1. The Morgan fingerprint density at radius 1 is 1.11 bits per heavy atom. The topological polar surface area (TPSA) is 56.5 Å². The molecular weight excluding hydrogens is 523 g/mol. The van der Waals surface area contributed by atoms with Crippen molar-refractivity contribution >= 4 is 33.0 Å². The summed E-state index contributed by atoms with van der Waals surface area (Å²) < 4.78 is 47.9. The summed E-state index contributed by atoms with van der Waals surface area (Å²) in [6, 6.07) is 16.7. The molecule has 180 valence electrons. The first-order valence-corrected chi connectivity index (χ1v) is 11.7. The molecule has 3 aromatic carbocycles. The predicted molar refractivity (Wildman–Crippen MR) is 134 cm³/mol. The van der Waals surface area contributed by atoms with Crippen LogP contribution in [-0.4, -0.2) is 22.0 Å². The van der Waals surface area contributed by atoms with Crippen LogP contribution in [0.3, 0.4) is 0 Å². The van der Waals surface area contributed by atoms with Crippen LogP contribution in [0.15, 0.2) is 81.1 Å². The van der Waals surface area contributed by atoms with Crippen molar-refractivity contribution in [3.63, 3.8) is 0 Å². The Labute approximate surface area is 208 Å². The lowest BCUT2D eigenvalue weighted by Gasteiger charge is -2.15. The van der Waals surface area contributed by atoms with Gasteiger partial charge >= 0.3 is 6.18 Å². The number of halogens is 4. The number of fused-ring (bicyclic) bond motifs is 1. The normalized spacial score (nSPS) is 12.9. The summed E-state index contributed by atoms with van der Waals surface area (Å²) in [5, 5.41) is 4.66. The molecule has 0 aliphatic heterocycles. The Morgan fingerprint density at radius 3 is 2.63 bits per heavy atom. The number of hydrogen-bond donors (Lipinski definition) is 0. The summed E-state index contributed by atoms with van der Waals surface area (Å²) in [6.07, 6.45) is -2.36. The molecule has 0 saturated heterocycles. The van der Waals surface area contributed by atoms with Crippen molar-refractivity contribution in [1.82, 2.24) is 9.66 Å². The second-order valence-electron chi connectivity index (χ2n) is 7.91. The van der Waals surface area contributed by atoms with Crippen LogP contribution >= 0.6 is 15.9 Å². The number of para-hydroxylation sites is 1. The molecule has 9 heteroatoms. The summed E-state index contributed by atoms with van der Waals surface area (Å²) in [6.45, 7) is 3.94. The second kappa shape index (κ2) is 10.0. The smallest absolute Gasteiger partial charge is 0.416 e. The van der Waals surface area contributed by atoms with Gasteiger partial charge in [0.1, 0.15) is 5.75 Å². The number of ether oxygens (including phenoxy) is 1. The molecule has 0 N–H and O–H groups in total. The number of hydrogen-bond acceptors (Lipinski definition) is 4. The molecule has 4 aromatic rings. The van der Waals surface area contributed by atoms with E-state index in [0.717, 1.165) is 27.7 Å². The van der Waals surface area contributed by atoms with Gasteiger partial charge in [0, 0.05) is 15.6 Å². The first-order chi connectivity index (χ1) is 16.7. The maximum absolute atomic E-state index is 13.4. The van der Waals surface area contributed by atoms with Crippen molar-refractivity contribution in [2.24, 2.45) is 5.10 Å². The van der Waals surface area contributed by atoms with E-state index < -0.39 is 17.3 Å². The molecule has 35 heavy (non-hydrogen) atoms. The van der Waals surface area contributed by atoms with Crippen LogP contribution in [0.25, 0.3) is 22.3 Å². The lowest BCUT2D eigenvalue weighted by Crippen LogP contribution is -2.20. The number of rotatable bonds is 6. The molecule has 0 radical (unpaired) electrons. The number of aromatic nitrogens is 2. The van der Waals surface area contributed by atoms with Crippen molar-refractivity contribution in [3.05, 3.63) is 92.7 Å². The molecule has 0 unspecified atom stereocenters. The molecule has 4 rings (SSSR count). The molecule has 0 aliphatic carbocycles. The van der Waals surface area contributed by atoms with Crippen molar-refractivity contribution in [2.75, 3.05) is 0 Å². The highest BCUT2D eigenvalue weighted by molar-refractivity contribution is 9.10. The van der Waals surface area contributed by atoms with Gasteiger partial charge in [-0.1, -0.05) is 47.1 Å². The largest absolute Gasteiger partial charge is 0.490 e. The van der Waals surface area contributed by atoms with Crippen LogP contribution in [0.2, 0.25) is 0 Å². The summed E-state index contributed by atoms with van der Waals surface area (Å²) in [4.78, 5) is 17.8. The van der Waals surface area contributed by atoms with E-state index in [2.05, 4.69) is 26.0 Å². The molecule has 0 spiro atoms. The minimum absolute atomic E-state index is 0.00422. The average Bonchev–Trinajstić information content (AvgIpc) is 2.84. The number of benzene rings is 3. The van der Waals surface area contributed by atoms with E-state index in [1.807, 2.05) is 19.9 Å². The van der Waals surface area contributed by atoms with Crippen molar-refractivity contribution < 1.29 is 17.9 Å². The third-order valence-electron chi connectivity index (χ3n) is 5.39. The van der Waals surface area contributed by atoms with Gasteiger partial charge < -0.3 is 4.74 Å². The lowest BCUT2D eigenvalue weighted by molar-refractivity contribution is -0.137. The molecule has 1 atom stereocenters. The van der Waals surface area contributed by atoms with Crippen molar-refractivity contribution in [1.29, 1.82) is 0 Å². The van der Waals surface area contributed by atoms with Gasteiger partial charge in [0.05, 0.1) is 28.8 Å². The second-order valence-corrected chi connectivity index (χ2v) is 8.83.